The van der Waals surface area contributed by atoms with E-state index in [1.807, 2.05) is 0 Å². The van der Waals surface area contributed by atoms with Crippen LogP contribution in [0.15, 0.2) is 23.1 Å². The van der Waals surface area contributed by atoms with Crippen LogP contribution >= 0.6 is 0 Å². The number of rotatable bonds is 5. The molecule has 2 N–H and O–H groups in total. The Kier molecular flexibility index (Phi) is 4.55. The normalized spacial score (nSPS) is 10.9. The zero-order chi connectivity index (χ0) is 12.9. The maximum atomic E-state index is 11.2. The Balaban J connectivity index is 2.74. The molecule has 0 heterocycles. The van der Waals surface area contributed by atoms with E-state index in [1.54, 1.807) is 19.1 Å². The molecule has 0 amide bonds. The number of terminal acetylenes is 1. The first-order valence-corrected chi connectivity index (χ1v) is 6.69. The lowest BCUT2D eigenvalue weighted by Gasteiger charge is -2.08. The smallest absolute Gasteiger partial charge is 0.238 e. The third kappa shape index (κ3) is 4.10. The van der Waals surface area contributed by atoms with Crippen LogP contribution in [0.2, 0.25) is 0 Å². The van der Waals surface area contributed by atoms with Crippen molar-refractivity contribution in [3.05, 3.63) is 23.8 Å². The maximum absolute atomic E-state index is 11.2. The first kappa shape index (κ1) is 13.6. The molecule has 4 nitrogen and oxygen atoms in total. The van der Waals surface area contributed by atoms with E-state index in [0.717, 1.165) is 6.42 Å². The summed E-state index contributed by atoms with van der Waals surface area (Å²) < 4.78 is 27.8. The van der Waals surface area contributed by atoms with Crippen molar-refractivity contribution in [3.63, 3.8) is 0 Å². The molecule has 0 spiro atoms. The number of hydrogen-bond acceptors (Lipinski definition) is 3. The van der Waals surface area contributed by atoms with E-state index in [9.17, 15) is 8.42 Å². The van der Waals surface area contributed by atoms with Gasteiger partial charge in [-0.2, -0.15) is 0 Å². The van der Waals surface area contributed by atoms with Gasteiger partial charge in [0.2, 0.25) is 10.0 Å². The van der Waals surface area contributed by atoms with Crippen molar-refractivity contribution in [2.24, 2.45) is 5.14 Å². The molecule has 0 bridgehead atoms. The molecule has 0 saturated carbocycles. The summed E-state index contributed by atoms with van der Waals surface area (Å²) >= 11 is 0. The fourth-order valence-electron chi connectivity index (χ4n) is 1.40. The molecule has 5 heteroatoms. The Morgan fingerprint density at radius 3 is 2.71 bits per heavy atom. The fourth-order valence-corrected chi connectivity index (χ4v) is 2.16. The van der Waals surface area contributed by atoms with Crippen LogP contribution in [0.5, 0.6) is 5.75 Å². The minimum absolute atomic E-state index is 0.119. The lowest BCUT2D eigenvalue weighted by Crippen LogP contribution is -2.13. The highest BCUT2D eigenvalue weighted by molar-refractivity contribution is 7.89. The van der Waals surface area contributed by atoms with E-state index in [0.29, 0.717) is 24.3 Å². The van der Waals surface area contributed by atoms with Crippen LogP contribution < -0.4 is 9.88 Å². The van der Waals surface area contributed by atoms with Crippen molar-refractivity contribution < 1.29 is 13.2 Å². The predicted octanol–water partition coefficient (Wildman–Crippen LogP) is 1.43. The molecule has 1 rings (SSSR count). The Morgan fingerprint density at radius 2 is 2.18 bits per heavy atom. The van der Waals surface area contributed by atoms with Crippen LogP contribution in [0, 0.1) is 19.3 Å². The van der Waals surface area contributed by atoms with Crippen molar-refractivity contribution in [2.75, 3.05) is 6.61 Å². The molecule has 0 aliphatic heterocycles. The Morgan fingerprint density at radius 1 is 1.47 bits per heavy atom. The zero-order valence-electron chi connectivity index (χ0n) is 9.64. The molecule has 0 fully saturated rings. The summed E-state index contributed by atoms with van der Waals surface area (Å²) in [6, 6.07) is 4.68. The van der Waals surface area contributed by atoms with E-state index in [1.165, 1.54) is 6.07 Å². The van der Waals surface area contributed by atoms with Gasteiger partial charge in [0.15, 0.2) is 0 Å². The van der Waals surface area contributed by atoms with Crippen molar-refractivity contribution >= 4 is 10.0 Å². The van der Waals surface area contributed by atoms with Gasteiger partial charge in [0.25, 0.3) is 0 Å². The Bertz CT molecular complexity index is 529. The van der Waals surface area contributed by atoms with Crippen LogP contribution in [0.4, 0.5) is 0 Å². The van der Waals surface area contributed by atoms with Gasteiger partial charge in [0.05, 0.1) is 11.5 Å². The minimum Gasteiger partial charge on any atom is -0.494 e. The summed E-state index contributed by atoms with van der Waals surface area (Å²) in [5.74, 6) is 3.14. The average Bonchev–Trinajstić information content (AvgIpc) is 2.23. The van der Waals surface area contributed by atoms with E-state index in [-0.39, 0.29) is 4.90 Å². The lowest BCUT2D eigenvalue weighted by atomic mass is 10.2. The second-order valence-electron chi connectivity index (χ2n) is 3.63. The first-order chi connectivity index (χ1) is 7.95. The third-order valence-electron chi connectivity index (χ3n) is 2.19. The van der Waals surface area contributed by atoms with Crippen LogP contribution in [0.1, 0.15) is 18.4 Å². The molecule has 0 unspecified atom stereocenters. The molecule has 92 valence electrons. The van der Waals surface area contributed by atoms with Crippen molar-refractivity contribution in [2.45, 2.75) is 24.7 Å². The number of sulfonamides is 1. The molecule has 0 saturated heterocycles. The summed E-state index contributed by atoms with van der Waals surface area (Å²) in [6.45, 7) is 2.19. The van der Waals surface area contributed by atoms with Crippen molar-refractivity contribution in [1.29, 1.82) is 0 Å². The number of ether oxygens (including phenoxy) is 1. The van der Waals surface area contributed by atoms with Crippen molar-refractivity contribution in [3.8, 4) is 18.1 Å². The third-order valence-corrected chi connectivity index (χ3v) is 3.26. The Labute approximate surface area is 102 Å². The highest BCUT2D eigenvalue weighted by Crippen LogP contribution is 2.20. The largest absolute Gasteiger partial charge is 0.494 e. The summed E-state index contributed by atoms with van der Waals surface area (Å²) in [6.07, 6.45) is 6.54. The summed E-state index contributed by atoms with van der Waals surface area (Å²) in [5.41, 5.74) is 0.571. The van der Waals surface area contributed by atoms with Gasteiger partial charge in [-0.25, -0.2) is 13.6 Å². The van der Waals surface area contributed by atoms with Crippen LogP contribution in [0.25, 0.3) is 0 Å². The fraction of sp³-hybridized carbons (Fsp3) is 0.333. The van der Waals surface area contributed by atoms with E-state index >= 15 is 0 Å². The van der Waals surface area contributed by atoms with Gasteiger partial charge < -0.3 is 4.74 Å². The molecular formula is C12H15NO3S. The van der Waals surface area contributed by atoms with Gasteiger partial charge in [-0.3, -0.25) is 0 Å². The van der Waals surface area contributed by atoms with Gasteiger partial charge in [0, 0.05) is 6.42 Å². The highest BCUT2D eigenvalue weighted by atomic mass is 32.2. The number of primary sulfonamides is 1. The monoisotopic (exact) mass is 253 g/mol. The topological polar surface area (TPSA) is 69.4 Å². The molecule has 0 atom stereocenters. The second-order valence-corrected chi connectivity index (χ2v) is 5.16. The van der Waals surface area contributed by atoms with Gasteiger partial charge in [-0.05, 0) is 37.1 Å². The molecule has 0 radical (unpaired) electrons. The van der Waals surface area contributed by atoms with E-state index in [4.69, 9.17) is 16.3 Å². The van der Waals surface area contributed by atoms with Crippen LogP contribution in [-0.4, -0.2) is 15.0 Å². The quantitative estimate of drug-likeness (QED) is 0.637. The van der Waals surface area contributed by atoms with E-state index < -0.39 is 10.0 Å². The Hall–Kier alpha value is -1.51. The van der Waals surface area contributed by atoms with E-state index in [2.05, 4.69) is 5.92 Å². The SMILES string of the molecule is C#CCCCOc1ccc(S(N)(=O)=O)c(C)c1. The predicted molar refractivity (Wildman–Crippen MR) is 66.1 cm³/mol. The number of hydrogen-bond donors (Lipinski definition) is 1. The molecule has 0 aliphatic carbocycles. The minimum atomic E-state index is -3.66. The summed E-state index contributed by atoms with van der Waals surface area (Å²) in [7, 11) is -3.66. The average molecular weight is 253 g/mol. The molecule has 1 aromatic rings. The molecule has 0 aromatic heterocycles. The van der Waals surface area contributed by atoms with Crippen LogP contribution in [0.3, 0.4) is 0 Å². The number of aryl methyl sites for hydroxylation is 1. The maximum Gasteiger partial charge on any atom is 0.238 e. The second kappa shape index (κ2) is 5.71. The zero-order valence-corrected chi connectivity index (χ0v) is 10.5. The standard InChI is InChI=1S/C12H15NO3S/c1-3-4-5-8-16-11-6-7-12(10(2)9-11)17(13,14)15/h1,6-7,9H,4-5,8H2,2H3,(H2,13,14,15). The molecule has 1 aromatic carbocycles. The van der Waals surface area contributed by atoms with Crippen molar-refractivity contribution in [1.82, 2.24) is 0 Å². The number of unbranched alkanes of at least 4 members (excludes halogenated alkanes) is 1. The molecular weight excluding hydrogens is 238 g/mol. The van der Waals surface area contributed by atoms with Gasteiger partial charge in [0.1, 0.15) is 5.75 Å². The summed E-state index contributed by atoms with van der Waals surface area (Å²) in [5, 5.41) is 5.06. The van der Waals surface area contributed by atoms with Crippen LogP contribution in [-0.2, 0) is 10.0 Å². The molecule has 0 aliphatic rings. The van der Waals surface area contributed by atoms with Gasteiger partial charge in [-0.15, -0.1) is 12.3 Å². The lowest BCUT2D eigenvalue weighted by molar-refractivity contribution is 0.312. The van der Waals surface area contributed by atoms with Gasteiger partial charge >= 0.3 is 0 Å². The van der Waals surface area contributed by atoms with Gasteiger partial charge in [-0.1, -0.05) is 0 Å². The summed E-state index contributed by atoms with van der Waals surface area (Å²) in [4.78, 5) is 0.119. The first-order valence-electron chi connectivity index (χ1n) is 5.15. The highest BCUT2D eigenvalue weighted by Gasteiger charge is 2.11. The number of nitrogens with two attached hydrogens (primary N) is 1. The number of benzene rings is 1. The molecule has 17 heavy (non-hydrogen) atoms.